The lowest BCUT2D eigenvalue weighted by Crippen LogP contribution is -2.27. The number of hydrogen-bond acceptors (Lipinski definition) is 2. The third kappa shape index (κ3) is 2.76. The van der Waals surface area contributed by atoms with Crippen molar-refractivity contribution in [3.8, 4) is 11.8 Å². The zero-order valence-corrected chi connectivity index (χ0v) is 13.3. The van der Waals surface area contributed by atoms with Crippen molar-refractivity contribution in [3.05, 3.63) is 65.2 Å². The average molecular weight is 343 g/mol. The first-order valence-corrected chi connectivity index (χ1v) is 8.29. The number of fused-ring (bicyclic) bond motifs is 3. The van der Waals surface area contributed by atoms with Crippen LogP contribution in [0.1, 0.15) is 41.6 Å². The molecule has 1 heterocycles. The Morgan fingerprint density at radius 2 is 1.72 bits per heavy atom. The Morgan fingerprint density at radius 3 is 2.40 bits per heavy atom. The van der Waals surface area contributed by atoms with Gasteiger partial charge >= 0.3 is 6.18 Å². The molecule has 1 aliphatic carbocycles. The summed E-state index contributed by atoms with van der Waals surface area (Å²) >= 11 is 0. The van der Waals surface area contributed by atoms with Gasteiger partial charge in [0.05, 0.1) is 17.6 Å². The number of benzene rings is 2. The van der Waals surface area contributed by atoms with Gasteiger partial charge < -0.3 is 4.74 Å². The van der Waals surface area contributed by atoms with E-state index in [4.69, 9.17) is 10.00 Å². The van der Waals surface area contributed by atoms with Crippen molar-refractivity contribution in [2.45, 2.75) is 31.0 Å². The first kappa shape index (κ1) is 16.0. The molecular weight excluding hydrogens is 327 g/mol. The maximum Gasteiger partial charge on any atom is 0.391 e. The van der Waals surface area contributed by atoms with Crippen LogP contribution in [0.4, 0.5) is 13.2 Å². The normalized spacial score (nSPS) is 27.8. The maximum atomic E-state index is 13.3. The minimum absolute atomic E-state index is 0.0766. The van der Waals surface area contributed by atoms with Gasteiger partial charge in [0.25, 0.3) is 0 Å². The van der Waals surface area contributed by atoms with E-state index >= 15 is 0 Å². The lowest BCUT2D eigenvalue weighted by Gasteiger charge is -2.36. The van der Waals surface area contributed by atoms with E-state index in [9.17, 15) is 13.2 Å². The Kier molecular flexibility index (Phi) is 3.72. The van der Waals surface area contributed by atoms with Gasteiger partial charge in [0, 0.05) is 5.92 Å². The van der Waals surface area contributed by atoms with E-state index in [0.717, 1.165) is 11.1 Å². The number of halogens is 3. The van der Waals surface area contributed by atoms with Crippen LogP contribution in [0.3, 0.4) is 0 Å². The summed E-state index contributed by atoms with van der Waals surface area (Å²) < 4.78 is 46.1. The molecule has 4 unspecified atom stereocenters. The van der Waals surface area contributed by atoms with Crippen molar-refractivity contribution in [1.29, 1.82) is 5.26 Å². The molecule has 0 bridgehead atoms. The lowest BCUT2D eigenvalue weighted by molar-refractivity contribution is -0.173. The Bertz CT molecular complexity index is 822. The molecule has 5 heteroatoms. The topological polar surface area (TPSA) is 33.0 Å². The smallest absolute Gasteiger partial charge is 0.391 e. The van der Waals surface area contributed by atoms with E-state index in [1.165, 1.54) is 0 Å². The molecule has 1 aliphatic heterocycles. The van der Waals surface area contributed by atoms with Crippen LogP contribution in [-0.4, -0.2) is 6.18 Å². The Labute approximate surface area is 143 Å². The number of nitrogens with zero attached hydrogens (tertiary/aromatic N) is 1. The number of hydrogen-bond donors (Lipinski definition) is 0. The third-order valence-corrected chi connectivity index (χ3v) is 5.40. The van der Waals surface area contributed by atoms with E-state index in [-0.39, 0.29) is 24.7 Å². The van der Waals surface area contributed by atoms with Gasteiger partial charge in [0.15, 0.2) is 0 Å². The highest BCUT2D eigenvalue weighted by molar-refractivity contribution is 5.42. The quantitative estimate of drug-likeness (QED) is 0.698. The fourth-order valence-electron chi connectivity index (χ4n) is 4.21. The van der Waals surface area contributed by atoms with Crippen LogP contribution < -0.4 is 4.74 Å². The summed E-state index contributed by atoms with van der Waals surface area (Å²) in [5.74, 6) is -0.995. The largest absolute Gasteiger partial charge is 0.485 e. The lowest BCUT2D eigenvalue weighted by atomic mass is 9.80. The van der Waals surface area contributed by atoms with Gasteiger partial charge in [0.2, 0.25) is 0 Å². The molecule has 0 aromatic heterocycles. The molecule has 0 amide bonds. The molecule has 0 spiro atoms. The van der Waals surface area contributed by atoms with E-state index in [2.05, 4.69) is 6.07 Å². The van der Waals surface area contributed by atoms with Gasteiger partial charge in [-0.3, -0.25) is 0 Å². The van der Waals surface area contributed by atoms with Crippen molar-refractivity contribution >= 4 is 0 Å². The predicted molar refractivity (Wildman–Crippen MR) is 86.0 cm³/mol. The summed E-state index contributed by atoms with van der Waals surface area (Å²) in [6, 6.07) is 16.4. The Balaban J connectivity index is 1.74. The molecule has 0 saturated heterocycles. The van der Waals surface area contributed by atoms with Crippen LogP contribution >= 0.6 is 0 Å². The monoisotopic (exact) mass is 343 g/mol. The van der Waals surface area contributed by atoms with Crippen LogP contribution in [0, 0.1) is 23.2 Å². The molecule has 0 N–H and O–H groups in total. The van der Waals surface area contributed by atoms with Gasteiger partial charge in [-0.2, -0.15) is 18.4 Å². The fourth-order valence-corrected chi connectivity index (χ4v) is 4.21. The molecule has 2 aliphatic rings. The summed E-state index contributed by atoms with van der Waals surface area (Å²) in [5.41, 5.74) is 2.23. The van der Waals surface area contributed by atoms with Gasteiger partial charge in [0.1, 0.15) is 11.9 Å². The molecule has 25 heavy (non-hydrogen) atoms. The molecule has 0 radical (unpaired) electrons. The molecule has 1 saturated carbocycles. The SMILES string of the molecule is N#Cc1ccc(C2Oc3ccccc3C3CC(C(F)(F)F)CC32)cc1. The van der Waals surface area contributed by atoms with Crippen LogP contribution in [0.2, 0.25) is 0 Å². The summed E-state index contributed by atoms with van der Waals surface area (Å²) in [4.78, 5) is 0. The van der Waals surface area contributed by atoms with Crippen LogP contribution in [0.25, 0.3) is 0 Å². The summed E-state index contributed by atoms with van der Waals surface area (Å²) in [7, 11) is 0. The number of ether oxygens (including phenoxy) is 1. The number of para-hydroxylation sites is 1. The van der Waals surface area contributed by atoms with Crippen molar-refractivity contribution < 1.29 is 17.9 Å². The highest BCUT2D eigenvalue weighted by atomic mass is 19.4. The minimum atomic E-state index is -4.18. The molecule has 4 rings (SSSR count). The molecule has 2 aromatic rings. The van der Waals surface area contributed by atoms with E-state index in [1.807, 2.05) is 24.3 Å². The zero-order valence-electron chi connectivity index (χ0n) is 13.3. The molecule has 2 nitrogen and oxygen atoms in total. The van der Waals surface area contributed by atoms with E-state index in [1.54, 1.807) is 24.3 Å². The predicted octanol–water partition coefficient (Wildman–Crippen LogP) is 5.36. The van der Waals surface area contributed by atoms with Crippen LogP contribution in [-0.2, 0) is 0 Å². The second kappa shape index (κ2) is 5.80. The summed E-state index contributed by atoms with van der Waals surface area (Å²) in [6.45, 7) is 0. The highest BCUT2D eigenvalue weighted by Gasteiger charge is 2.53. The first-order valence-electron chi connectivity index (χ1n) is 8.29. The second-order valence-electron chi connectivity index (χ2n) is 6.79. The van der Waals surface area contributed by atoms with Gasteiger partial charge in [-0.1, -0.05) is 30.3 Å². The van der Waals surface area contributed by atoms with Crippen LogP contribution in [0.5, 0.6) is 5.75 Å². The van der Waals surface area contributed by atoms with Gasteiger partial charge in [-0.15, -0.1) is 0 Å². The van der Waals surface area contributed by atoms with Gasteiger partial charge in [-0.05, 0) is 48.1 Å². The second-order valence-corrected chi connectivity index (χ2v) is 6.79. The Morgan fingerprint density at radius 1 is 1.00 bits per heavy atom. The van der Waals surface area contributed by atoms with Crippen molar-refractivity contribution in [3.63, 3.8) is 0 Å². The van der Waals surface area contributed by atoms with E-state index < -0.39 is 18.2 Å². The maximum absolute atomic E-state index is 13.3. The number of rotatable bonds is 1. The van der Waals surface area contributed by atoms with Gasteiger partial charge in [-0.25, -0.2) is 0 Å². The third-order valence-electron chi connectivity index (χ3n) is 5.40. The fraction of sp³-hybridized carbons (Fsp3) is 0.350. The van der Waals surface area contributed by atoms with Crippen LogP contribution in [0.15, 0.2) is 48.5 Å². The summed E-state index contributed by atoms with van der Waals surface area (Å²) in [6.07, 6.45) is -4.41. The molecule has 128 valence electrons. The highest BCUT2D eigenvalue weighted by Crippen LogP contribution is 2.58. The summed E-state index contributed by atoms with van der Waals surface area (Å²) in [5, 5.41) is 8.94. The standard InChI is InChI=1S/C20H16F3NO/c21-20(22,23)14-9-16-15-3-1-2-4-18(15)25-19(17(16)10-14)13-7-5-12(11-24)6-8-13/h1-8,14,16-17,19H,9-10H2. The number of alkyl halides is 3. The molecule has 1 fully saturated rings. The first-order chi connectivity index (χ1) is 12.0. The number of nitriles is 1. The van der Waals surface area contributed by atoms with Crippen molar-refractivity contribution in [2.75, 3.05) is 0 Å². The molecule has 2 aromatic carbocycles. The molecule has 4 atom stereocenters. The van der Waals surface area contributed by atoms with E-state index in [0.29, 0.717) is 11.3 Å². The van der Waals surface area contributed by atoms with Crippen molar-refractivity contribution in [1.82, 2.24) is 0 Å². The zero-order chi connectivity index (χ0) is 17.6. The Hall–Kier alpha value is -2.48. The minimum Gasteiger partial charge on any atom is -0.485 e. The molecular formula is C20H16F3NO. The average Bonchev–Trinajstić information content (AvgIpc) is 3.07. The van der Waals surface area contributed by atoms with Crippen molar-refractivity contribution in [2.24, 2.45) is 11.8 Å².